The Morgan fingerprint density at radius 2 is 1.79 bits per heavy atom. The van der Waals surface area contributed by atoms with Crippen molar-refractivity contribution < 1.29 is 13.9 Å². The molecule has 0 N–H and O–H groups in total. The molecule has 0 spiro atoms. The number of ether oxygens (including phenoxy) is 1. The summed E-state index contributed by atoms with van der Waals surface area (Å²) in [5.74, 6) is 0.0649. The Morgan fingerprint density at radius 1 is 1.04 bits per heavy atom. The van der Waals surface area contributed by atoms with Crippen LogP contribution in [0.25, 0.3) is 11.0 Å². The molecular formula is C20H18O4. The van der Waals surface area contributed by atoms with Crippen LogP contribution >= 0.6 is 0 Å². The van der Waals surface area contributed by atoms with Crippen molar-refractivity contribution in [1.29, 1.82) is 0 Å². The molecule has 0 unspecified atom stereocenters. The van der Waals surface area contributed by atoms with Crippen LogP contribution in [0.3, 0.4) is 0 Å². The van der Waals surface area contributed by atoms with E-state index in [1.165, 1.54) is 11.6 Å². The molecule has 24 heavy (non-hydrogen) atoms. The highest BCUT2D eigenvalue weighted by molar-refractivity contribution is 5.82. The molecule has 0 amide bonds. The van der Waals surface area contributed by atoms with Gasteiger partial charge in [0.25, 0.3) is 0 Å². The van der Waals surface area contributed by atoms with E-state index in [1.54, 1.807) is 18.2 Å². The second-order valence-corrected chi connectivity index (χ2v) is 5.87. The molecule has 122 valence electrons. The van der Waals surface area contributed by atoms with Gasteiger partial charge in [-0.05, 0) is 43.5 Å². The second-order valence-electron chi connectivity index (χ2n) is 5.87. The normalized spacial score (nSPS) is 10.8. The van der Waals surface area contributed by atoms with Crippen molar-refractivity contribution in [2.75, 3.05) is 0 Å². The maximum absolute atomic E-state index is 12.0. The zero-order valence-corrected chi connectivity index (χ0v) is 13.7. The SMILES string of the molecule is Cc1ccc(CCC(=O)Oc2ccc3c(C)cc(=O)oc3c2)cc1. The Bertz CT molecular complexity index is 936. The zero-order valence-electron chi connectivity index (χ0n) is 13.7. The van der Waals surface area contributed by atoms with Gasteiger partial charge in [-0.15, -0.1) is 0 Å². The second kappa shape index (κ2) is 6.71. The summed E-state index contributed by atoms with van der Waals surface area (Å²) in [6, 6.07) is 14.6. The predicted molar refractivity (Wildman–Crippen MR) is 92.4 cm³/mol. The molecule has 0 saturated heterocycles. The van der Waals surface area contributed by atoms with Crippen molar-refractivity contribution in [3.05, 3.63) is 75.6 Å². The number of rotatable bonds is 4. The van der Waals surface area contributed by atoms with Crippen LogP contribution in [-0.4, -0.2) is 5.97 Å². The van der Waals surface area contributed by atoms with Gasteiger partial charge in [-0.2, -0.15) is 0 Å². The van der Waals surface area contributed by atoms with E-state index in [0.717, 1.165) is 16.5 Å². The maximum atomic E-state index is 12.0. The Kier molecular flexibility index (Phi) is 4.47. The lowest BCUT2D eigenvalue weighted by Gasteiger charge is -2.06. The van der Waals surface area contributed by atoms with Gasteiger partial charge in [0.1, 0.15) is 11.3 Å². The standard InChI is InChI=1S/C20H18O4/c1-13-3-5-15(6-4-13)7-10-19(21)23-16-8-9-17-14(2)11-20(22)24-18(17)12-16/h3-6,8-9,11-12H,7,10H2,1-2H3. The summed E-state index contributed by atoms with van der Waals surface area (Å²) in [4.78, 5) is 23.5. The number of carbonyl (C=O) groups excluding carboxylic acids is 1. The summed E-state index contributed by atoms with van der Waals surface area (Å²) in [6.45, 7) is 3.87. The molecule has 2 aromatic carbocycles. The summed E-state index contributed by atoms with van der Waals surface area (Å²) in [6.07, 6.45) is 0.916. The molecule has 0 radical (unpaired) electrons. The molecule has 1 aromatic heterocycles. The maximum Gasteiger partial charge on any atom is 0.336 e. The number of fused-ring (bicyclic) bond motifs is 1. The first kappa shape index (κ1) is 16.0. The largest absolute Gasteiger partial charge is 0.426 e. The molecular weight excluding hydrogens is 304 g/mol. The average Bonchev–Trinajstić information content (AvgIpc) is 2.54. The minimum absolute atomic E-state index is 0.291. The van der Waals surface area contributed by atoms with Crippen LogP contribution in [-0.2, 0) is 11.2 Å². The van der Waals surface area contributed by atoms with E-state index >= 15 is 0 Å². The zero-order chi connectivity index (χ0) is 17.1. The van der Waals surface area contributed by atoms with E-state index in [0.29, 0.717) is 24.2 Å². The van der Waals surface area contributed by atoms with Crippen LogP contribution in [0.2, 0.25) is 0 Å². The molecule has 1 heterocycles. The van der Waals surface area contributed by atoms with Crippen molar-refractivity contribution in [2.45, 2.75) is 26.7 Å². The summed E-state index contributed by atoms with van der Waals surface area (Å²) in [5.41, 5.74) is 3.12. The van der Waals surface area contributed by atoms with Crippen LogP contribution < -0.4 is 10.4 Å². The van der Waals surface area contributed by atoms with Gasteiger partial charge in [0, 0.05) is 23.9 Å². The highest BCUT2D eigenvalue weighted by atomic mass is 16.5. The molecule has 4 nitrogen and oxygen atoms in total. The van der Waals surface area contributed by atoms with E-state index in [4.69, 9.17) is 9.15 Å². The number of benzene rings is 2. The fourth-order valence-corrected chi connectivity index (χ4v) is 2.55. The Labute approximate surface area is 139 Å². The number of carbonyl (C=O) groups is 1. The molecule has 4 heteroatoms. The fourth-order valence-electron chi connectivity index (χ4n) is 2.55. The van der Waals surface area contributed by atoms with E-state index < -0.39 is 5.63 Å². The van der Waals surface area contributed by atoms with Crippen molar-refractivity contribution >= 4 is 16.9 Å². The highest BCUT2D eigenvalue weighted by Gasteiger charge is 2.08. The Balaban J connectivity index is 1.69. The van der Waals surface area contributed by atoms with E-state index in [9.17, 15) is 9.59 Å². The van der Waals surface area contributed by atoms with Crippen molar-refractivity contribution in [3.63, 3.8) is 0 Å². The van der Waals surface area contributed by atoms with Crippen LogP contribution in [0.15, 0.2) is 57.7 Å². The van der Waals surface area contributed by atoms with Gasteiger partial charge >= 0.3 is 11.6 Å². The van der Waals surface area contributed by atoms with Crippen molar-refractivity contribution in [1.82, 2.24) is 0 Å². The smallest absolute Gasteiger partial charge is 0.336 e. The van der Waals surface area contributed by atoms with Gasteiger partial charge in [-0.25, -0.2) is 4.79 Å². The van der Waals surface area contributed by atoms with E-state index in [1.807, 2.05) is 38.1 Å². The Hall–Kier alpha value is -2.88. The van der Waals surface area contributed by atoms with Gasteiger partial charge in [0.2, 0.25) is 0 Å². The molecule has 3 aromatic rings. The lowest BCUT2D eigenvalue weighted by atomic mass is 10.1. The predicted octanol–water partition coefficient (Wildman–Crippen LogP) is 3.95. The van der Waals surface area contributed by atoms with Crippen molar-refractivity contribution in [2.24, 2.45) is 0 Å². The fraction of sp³-hybridized carbons (Fsp3) is 0.200. The third-order valence-electron chi connectivity index (χ3n) is 3.89. The van der Waals surface area contributed by atoms with Gasteiger partial charge in [-0.3, -0.25) is 4.79 Å². The average molecular weight is 322 g/mol. The highest BCUT2D eigenvalue weighted by Crippen LogP contribution is 2.22. The molecule has 0 fully saturated rings. The molecule has 3 rings (SSSR count). The minimum atomic E-state index is -0.414. The van der Waals surface area contributed by atoms with Gasteiger partial charge in [0.05, 0.1) is 0 Å². The first-order valence-corrected chi connectivity index (χ1v) is 7.82. The number of aryl methyl sites for hydroxylation is 3. The monoisotopic (exact) mass is 322 g/mol. The third kappa shape index (κ3) is 3.71. The van der Waals surface area contributed by atoms with Crippen LogP contribution in [0, 0.1) is 13.8 Å². The van der Waals surface area contributed by atoms with E-state index in [-0.39, 0.29) is 5.97 Å². The summed E-state index contributed by atoms with van der Waals surface area (Å²) in [7, 11) is 0. The van der Waals surface area contributed by atoms with Gasteiger partial charge in [0.15, 0.2) is 0 Å². The molecule has 0 bridgehead atoms. The summed E-state index contributed by atoms with van der Waals surface area (Å²) < 4.78 is 10.5. The lowest BCUT2D eigenvalue weighted by molar-refractivity contribution is -0.134. The molecule has 0 aliphatic carbocycles. The van der Waals surface area contributed by atoms with Gasteiger partial charge in [-0.1, -0.05) is 29.8 Å². The molecule has 0 aliphatic rings. The van der Waals surface area contributed by atoms with Crippen LogP contribution in [0.5, 0.6) is 5.75 Å². The molecule has 0 saturated carbocycles. The molecule has 0 aliphatic heterocycles. The van der Waals surface area contributed by atoms with Crippen LogP contribution in [0.4, 0.5) is 0 Å². The first-order valence-electron chi connectivity index (χ1n) is 7.82. The third-order valence-corrected chi connectivity index (χ3v) is 3.89. The quantitative estimate of drug-likeness (QED) is 0.415. The number of hydrogen-bond donors (Lipinski definition) is 0. The number of hydrogen-bond acceptors (Lipinski definition) is 4. The summed E-state index contributed by atoms with van der Waals surface area (Å²) in [5, 5.41) is 0.828. The van der Waals surface area contributed by atoms with Crippen LogP contribution in [0.1, 0.15) is 23.1 Å². The topological polar surface area (TPSA) is 56.5 Å². The van der Waals surface area contributed by atoms with Crippen molar-refractivity contribution in [3.8, 4) is 5.75 Å². The first-order chi connectivity index (χ1) is 11.5. The van der Waals surface area contributed by atoms with Gasteiger partial charge < -0.3 is 9.15 Å². The summed E-state index contributed by atoms with van der Waals surface area (Å²) >= 11 is 0. The Morgan fingerprint density at radius 3 is 2.54 bits per heavy atom. The minimum Gasteiger partial charge on any atom is -0.426 e. The number of esters is 1. The lowest BCUT2D eigenvalue weighted by Crippen LogP contribution is -2.09. The van der Waals surface area contributed by atoms with E-state index in [2.05, 4.69) is 0 Å². The molecule has 0 atom stereocenters.